The molecule has 22 heavy (non-hydrogen) atoms. The van der Waals surface area contributed by atoms with Crippen LogP contribution < -0.4 is 4.74 Å². The van der Waals surface area contributed by atoms with Crippen molar-refractivity contribution >= 4 is 16.1 Å². The molecular formula is C15H12O6S. The molecule has 0 bridgehead atoms. The van der Waals surface area contributed by atoms with Crippen molar-refractivity contribution in [1.82, 2.24) is 0 Å². The highest BCUT2D eigenvalue weighted by Gasteiger charge is 2.54. The minimum atomic E-state index is -4.88. The van der Waals surface area contributed by atoms with Crippen molar-refractivity contribution in [2.75, 3.05) is 0 Å². The summed E-state index contributed by atoms with van der Waals surface area (Å²) in [7, 11) is -4.88. The Kier molecular flexibility index (Phi) is 4.08. The molecule has 7 heteroatoms. The fourth-order valence-electron chi connectivity index (χ4n) is 2.06. The molecule has 0 saturated carbocycles. The maximum atomic E-state index is 11.8. The van der Waals surface area contributed by atoms with Crippen LogP contribution in [0.25, 0.3) is 0 Å². The zero-order valence-corrected chi connectivity index (χ0v) is 12.0. The van der Waals surface area contributed by atoms with E-state index in [2.05, 4.69) is 5.92 Å². The standard InChI is InChI=1S/C15H12O6S/c1-2-11-6-8-12(9-7-11)21-15(22(18,19)20)10-4-3-5-13(15)14(16)17/h1,3-10,13H,(H,16,17)(H,18,19,20). The van der Waals surface area contributed by atoms with E-state index < -0.39 is 26.9 Å². The van der Waals surface area contributed by atoms with E-state index in [0.29, 0.717) is 5.56 Å². The van der Waals surface area contributed by atoms with Gasteiger partial charge in [0.25, 0.3) is 4.93 Å². The summed E-state index contributed by atoms with van der Waals surface area (Å²) in [5.74, 6) is -0.603. The molecule has 0 aromatic heterocycles. The minimum absolute atomic E-state index is 0.0582. The Balaban J connectivity index is 2.51. The Morgan fingerprint density at radius 1 is 1.27 bits per heavy atom. The number of allylic oxidation sites excluding steroid dienone is 2. The van der Waals surface area contributed by atoms with Crippen molar-refractivity contribution in [3.8, 4) is 18.1 Å². The lowest BCUT2D eigenvalue weighted by Crippen LogP contribution is -2.52. The third-order valence-corrected chi connectivity index (χ3v) is 4.42. The molecule has 0 aliphatic heterocycles. The molecule has 2 atom stereocenters. The van der Waals surface area contributed by atoms with Gasteiger partial charge >= 0.3 is 16.1 Å². The number of ether oxygens (including phenoxy) is 1. The van der Waals surface area contributed by atoms with Crippen LogP contribution >= 0.6 is 0 Å². The normalized spacial score (nSPS) is 23.7. The smallest absolute Gasteiger partial charge is 0.316 e. The van der Waals surface area contributed by atoms with Crippen LogP contribution in [0.5, 0.6) is 5.75 Å². The third kappa shape index (κ3) is 2.74. The first-order valence-corrected chi connectivity index (χ1v) is 7.56. The monoisotopic (exact) mass is 320 g/mol. The molecule has 0 amide bonds. The van der Waals surface area contributed by atoms with Crippen LogP contribution in [0.1, 0.15) is 5.56 Å². The number of hydrogen-bond acceptors (Lipinski definition) is 4. The summed E-state index contributed by atoms with van der Waals surface area (Å²) in [6.07, 6.45) is 10.0. The van der Waals surface area contributed by atoms with Gasteiger partial charge in [-0.2, -0.15) is 8.42 Å². The minimum Gasteiger partial charge on any atom is -0.481 e. The Morgan fingerprint density at radius 3 is 2.41 bits per heavy atom. The van der Waals surface area contributed by atoms with Gasteiger partial charge in [-0.25, -0.2) is 0 Å². The van der Waals surface area contributed by atoms with Crippen LogP contribution in [-0.4, -0.2) is 29.0 Å². The zero-order valence-electron chi connectivity index (χ0n) is 11.2. The summed E-state index contributed by atoms with van der Waals surface area (Å²) >= 11 is 0. The lowest BCUT2D eigenvalue weighted by molar-refractivity contribution is -0.143. The maximum absolute atomic E-state index is 11.8. The summed E-state index contributed by atoms with van der Waals surface area (Å²) in [5, 5.41) is 9.23. The van der Waals surface area contributed by atoms with E-state index in [1.54, 1.807) is 0 Å². The van der Waals surface area contributed by atoms with Crippen molar-refractivity contribution in [2.24, 2.45) is 5.92 Å². The van der Waals surface area contributed by atoms with Gasteiger partial charge in [0.15, 0.2) is 0 Å². The molecule has 0 radical (unpaired) electrons. The summed E-state index contributed by atoms with van der Waals surface area (Å²) in [4.78, 5) is 8.90. The Morgan fingerprint density at radius 2 is 1.91 bits per heavy atom. The van der Waals surface area contributed by atoms with E-state index in [1.165, 1.54) is 36.4 Å². The molecule has 1 aromatic carbocycles. The number of benzene rings is 1. The number of aliphatic carboxylic acids is 1. The Hall–Kier alpha value is -2.56. The van der Waals surface area contributed by atoms with E-state index in [1.807, 2.05) is 0 Å². The summed E-state index contributed by atoms with van der Waals surface area (Å²) in [6, 6.07) is 5.80. The van der Waals surface area contributed by atoms with E-state index >= 15 is 0 Å². The van der Waals surface area contributed by atoms with Crippen LogP contribution in [0.4, 0.5) is 0 Å². The van der Waals surface area contributed by atoms with E-state index in [-0.39, 0.29) is 5.75 Å². The van der Waals surface area contributed by atoms with Gasteiger partial charge < -0.3 is 9.84 Å². The highest BCUT2D eigenvalue weighted by atomic mass is 32.2. The van der Waals surface area contributed by atoms with E-state index in [0.717, 1.165) is 12.2 Å². The topological polar surface area (TPSA) is 101 Å². The van der Waals surface area contributed by atoms with Gasteiger partial charge in [0.2, 0.25) is 0 Å². The molecule has 2 unspecified atom stereocenters. The second kappa shape index (κ2) is 5.67. The SMILES string of the molecule is C#Cc1ccc(OC2(S(=O)(=O)O)C=CC=CC2C(=O)O)cc1. The van der Waals surface area contributed by atoms with Gasteiger partial charge in [-0.05, 0) is 30.3 Å². The molecule has 1 aromatic rings. The van der Waals surface area contributed by atoms with Gasteiger partial charge in [0.05, 0.1) is 0 Å². The molecule has 0 spiro atoms. The average molecular weight is 320 g/mol. The van der Waals surface area contributed by atoms with Gasteiger partial charge in [-0.1, -0.05) is 24.1 Å². The molecule has 114 valence electrons. The lowest BCUT2D eigenvalue weighted by atomic mass is 9.97. The van der Waals surface area contributed by atoms with E-state index in [4.69, 9.17) is 11.2 Å². The largest absolute Gasteiger partial charge is 0.481 e. The first-order valence-electron chi connectivity index (χ1n) is 6.12. The first-order chi connectivity index (χ1) is 10.3. The summed E-state index contributed by atoms with van der Waals surface area (Å²) in [6.45, 7) is 0. The third-order valence-electron chi connectivity index (χ3n) is 3.14. The van der Waals surface area contributed by atoms with Crippen molar-refractivity contribution in [3.63, 3.8) is 0 Å². The molecule has 0 fully saturated rings. The van der Waals surface area contributed by atoms with Crippen LogP contribution in [0.15, 0.2) is 48.6 Å². The Bertz CT molecular complexity index is 782. The molecule has 2 N–H and O–H groups in total. The molecular weight excluding hydrogens is 308 g/mol. The number of rotatable bonds is 4. The molecule has 2 rings (SSSR count). The molecule has 0 saturated heterocycles. The van der Waals surface area contributed by atoms with Gasteiger partial charge in [-0.15, -0.1) is 6.42 Å². The van der Waals surface area contributed by atoms with Crippen LogP contribution in [0, 0.1) is 18.3 Å². The van der Waals surface area contributed by atoms with Crippen LogP contribution in [0.3, 0.4) is 0 Å². The molecule has 0 heterocycles. The maximum Gasteiger partial charge on any atom is 0.316 e. The molecule has 6 nitrogen and oxygen atoms in total. The van der Waals surface area contributed by atoms with Crippen LogP contribution in [0.2, 0.25) is 0 Å². The highest BCUT2D eigenvalue weighted by molar-refractivity contribution is 7.87. The van der Waals surface area contributed by atoms with Gasteiger partial charge in [0, 0.05) is 5.56 Å². The predicted molar refractivity (Wildman–Crippen MR) is 78.7 cm³/mol. The van der Waals surface area contributed by atoms with Crippen molar-refractivity contribution < 1.29 is 27.6 Å². The number of carboxylic acids is 1. The second-order valence-electron chi connectivity index (χ2n) is 4.53. The summed E-state index contributed by atoms with van der Waals surface area (Å²) in [5.41, 5.74) is 0.544. The fraction of sp³-hybridized carbons (Fsp3) is 0.133. The summed E-state index contributed by atoms with van der Waals surface area (Å²) < 4.78 is 38.5. The lowest BCUT2D eigenvalue weighted by Gasteiger charge is -2.33. The average Bonchev–Trinajstić information content (AvgIpc) is 2.47. The predicted octanol–water partition coefficient (Wildman–Crippen LogP) is 1.46. The number of hydrogen-bond donors (Lipinski definition) is 2. The molecule has 1 aliphatic carbocycles. The van der Waals surface area contributed by atoms with Crippen molar-refractivity contribution in [1.29, 1.82) is 0 Å². The van der Waals surface area contributed by atoms with Gasteiger partial charge in [0.1, 0.15) is 11.7 Å². The zero-order chi connectivity index (χ0) is 16.4. The number of carbonyl (C=O) groups is 1. The fourth-order valence-corrected chi connectivity index (χ4v) is 3.01. The first kappa shape index (κ1) is 15.8. The number of terminal acetylenes is 1. The second-order valence-corrected chi connectivity index (χ2v) is 6.12. The van der Waals surface area contributed by atoms with Gasteiger partial charge in [-0.3, -0.25) is 9.35 Å². The van der Waals surface area contributed by atoms with Crippen molar-refractivity contribution in [3.05, 3.63) is 54.1 Å². The highest BCUT2D eigenvalue weighted by Crippen LogP contribution is 2.35. The molecule has 1 aliphatic rings. The van der Waals surface area contributed by atoms with E-state index in [9.17, 15) is 22.9 Å². The quantitative estimate of drug-likeness (QED) is 0.643. The van der Waals surface area contributed by atoms with Crippen LogP contribution in [-0.2, 0) is 14.9 Å². The number of carboxylic acid groups (broad SMARTS) is 1. The Labute approximate surface area is 127 Å². The van der Waals surface area contributed by atoms with Crippen molar-refractivity contribution in [2.45, 2.75) is 4.93 Å².